The third-order valence-electron chi connectivity index (χ3n) is 4.32. The number of nitrogens with zero attached hydrogens (tertiary/aromatic N) is 4. The lowest BCUT2D eigenvalue weighted by atomic mass is 9.94. The van der Waals surface area contributed by atoms with Crippen molar-refractivity contribution < 1.29 is 14.1 Å². The molecule has 0 aromatic carbocycles. The minimum atomic E-state index is -0.385. The molecule has 1 fully saturated rings. The van der Waals surface area contributed by atoms with Gasteiger partial charge in [0.2, 0.25) is 23.5 Å². The molecule has 3 rings (SSSR count). The number of carbonyl (C=O) groups is 2. The van der Waals surface area contributed by atoms with Crippen molar-refractivity contribution in [1.82, 2.24) is 19.9 Å². The van der Waals surface area contributed by atoms with Crippen LogP contribution in [0.4, 0.5) is 0 Å². The monoisotopic (exact) mass is 376 g/mol. The first-order chi connectivity index (χ1) is 12.3. The maximum atomic E-state index is 12.4. The molecule has 1 saturated heterocycles. The van der Waals surface area contributed by atoms with Crippen LogP contribution in [-0.2, 0) is 16.0 Å². The highest BCUT2D eigenvalue weighted by molar-refractivity contribution is 7.13. The molecule has 0 saturated carbocycles. The standard InChI is InChI=1S/C18H24N4O3S/c1-18(2,3)17(24)22-10-8-21(9-11-22)15(23)7-6-14-19-16(20-25-14)13-5-4-12-26-13/h4-5,12H,6-11H2,1-3H3. The molecule has 7 nitrogen and oxygen atoms in total. The van der Waals surface area contributed by atoms with E-state index in [4.69, 9.17) is 4.52 Å². The van der Waals surface area contributed by atoms with Gasteiger partial charge >= 0.3 is 0 Å². The minimum Gasteiger partial charge on any atom is -0.339 e. The van der Waals surface area contributed by atoms with Gasteiger partial charge in [-0.25, -0.2) is 0 Å². The van der Waals surface area contributed by atoms with E-state index >= 15 is 0 Å². The average Bonchev–Trinajstić information content (AvgIpc) is 3.29. The van der Waals surface area contributed by atoms with E-state index < -0.39 is 0 Å². The SMILES string of the molecule is CC(C)(C)C(=O)N1CCN(C(=O)CCc2nc(-c3cccs3)no2)CC1. The molecule has 140 valence electrons. The van der Waals surface area contributed by atoms with Gasteiger partial charge in [0.25, 0.3) is 0 Å². The Morgan fingerprint density at radius 1 is 1.19 bits per heavy atom. The summed E-state index contributed by atoms with van der Waals surface area (Å²) in [6.45, 7) is 8.08. The fourth-order valence-corrected chi connectivity index (χ4v) is 3.52. The van der Waals surface area contributed by atoms with Crippen LogP contribution < -0.4 is 0 Å². The first-order valence-electron chi connectivity index (χ1n) is 8.78. The van der Waals surface area contributed by atoms with Gasteiger partial charge in [-0.3, -0.25) is 9.59 Å². The highest BCUT2D eigenvalue weighted by Crippen LogP contribution is 2.22. The molecule has 1 aliphatic rings. The van der Waals surface area contributed by atoms with Gasteiger partial charge < -0.3 is 14.3 Å². The number of carbonyl (C=O) groups excluding carboxylic acids is 2. The molecule has 0 bridgehead atoms. The van der Waals surface area contributed by atoms with Crippen LogP contribution in [0.2, 0.25) is 0 Å². The lowest BCUT2D eigenvalue weighted by Crippen LogP contribution is -2.53. The van der Waals surface area contributed by atoms with E-state index in [0.29, 0.717) is 50.7 Å². The zero-order valence-electron chi connectivity index (χ0n) is 15.4. The molecule has 0 spiro atoms. The third-order valence-corrected chi connectivity index (χ3v) is 5.19. The molecule has 8 heteroatoms. The number of hydrogen-bond acceptors (Lipinski definition) is 6. The Morgan fingerprint density at radius 3 is 2.50 bits per heavy atom. The second kappa shape index (κ2) is 7.57. The summed E-state index contributed by atoms with van der Waals surface area (Å²) >= 11 is 1.55. The molecule has 2 aromatic heterocycles. The quantitative estimate of drug-likeness (QED) is 0.819. The fraction of sp³-hybridized carbons (Fsp3) is 0.556. The first kappa shape index (κ1) is 18.6. The summed E-state index contributed by atoms with van der Waals surface area (Å²) < 4.78 is 5.23. The first-order valence-corrected chi connectivity index (χ1v) is 9.66. The van der Waals surface area contributed by atoms with Gasteiger partial charge in [0.1, 0.15) is 0 Å². The van der Waals surface area contributed by atoms with Crippen LogP contribution in [0.3, 0.4) is 0 Å². The van der Waals surface area contributed by atoms with Crippen LogP contribution in [0.25, 0.3) is 10.7 Å². The van der Waals surface area contributed by atoms with Gasteiger partial charge in [-0.05, 0) is 11.4 Å². The van der Waals surface area contributed by atoms with E-state index in [2.05, 4.69) is 10.1 Å². The Morgan fingerprint density at radius 2 is 1.88 bits per heavy atom. The van der Waals surface area contributed by atoms with Gasteiger partial charge in [-0.1, -0.05) is 32.0 Å². The Bertz CT molecular complexity index is 756. The minimum absolute atomic E-state index is 0.0590. The Kier molecular flexibility index (Phi) is 5.41. The molecule has 26 heavy (non-hydrogen) atoms. The summed E-state index contributed by atoms with van der Waals surface area (Å²) in [5.74, 6) is 1.24. The van der Waals surface area contributed by atoms with E-state index in [1.54, 1.807) is 11.3 Å². The molecule has 3 heterocycles. The largest absolute Gasteiger partial charge is 0.339 e. The van der Waals surface area contributed by atoms with Crippen molar-refractivity contribution in [2.75, 3.05) is 26.2 Å². The summed E-state index contributed by atoms with van der Waals surface area (Å²) in [5.41, 5.74) is -0.385. The summed E-state index contributed by atoms with van der Waals surface area (Å²) in [6, 6.07) is 3.87. The van der Waals surface area contributed by atoms with E-state index in [1.807, 2.05) is 48.1 Å². The number of rotatable bonds is 4. The summed E-state index contributed by atoms with van der Waals surface area (Å²) in [4.78, 5) is 33.7. The molecular weight excluding hydrogens is 352 g/mol. The number of aryl methyl sites for hydroxylation is 1. The molecule has 1 aliphatic heterocycles. The zero-order chi connectivity index (χ0) is 18.7. The average molecular weight is 376 g/mol. The van der Waals surface area contributed by atoms with Crippen LogP contribution in [-0.4, -0.2) is 57.9 Å². The molecular formula is C18H24N4O3S. The Hall–Kier alpha value is -2.22. The predicted octanol–water partition coefficient (Wildman–Crippen LogP) is 2.45. The lowest BCUT2D eigenvalue weighted by molar-refractivity contribution is -0.144. The maximum Gasteiger partial charge on any atom is 0.228 e. The van der Waals surface area contributed by atoms with Gasteiger partial charge in [0.15, 0.2) is 0 Å². The topological polar surface area (TPSA) is 79.5 Å². The molecule has 0 radical (unpaired) electrons. The molecule has 0 atom stereocenters. The van der Waals surface area contributed by atoms with Gasteiger partial charge in [0.05, 0.1) is 4.88 Å². The van der Waals surface area contributed by atoms with Crippen LogP contribution >= 0.6 is 11.3 Å². The maximum absolute atomic E-state index is 12.4. The van der Waals surface area contributed by atoms with Crippen molar-refractivity contribution in [3.63, 3.8) is 0 Å². The predicted molar refractivity (Wildman–Crippen MR) is 98.5 cm³/mol. The van der Waals surface area contributed by atoms with Crippen molar-refractivity contribution in [3.05, 3.63) is 23.4 Å². The second-order valence-corrected chi connectivity index (χ2v) is 8.36. The second-order valence-electron chi connectivity index (χ2n) is 7.41. The van der Waals surface area contributed by atoms with E-state index in [-0.39, 0.29) is 17.2 Å². The molecule has 0 unspecified atom stereocenters. The van der Waals surface area contributed by atoms with Gasteiger partial charge in [-0.2, -0.15) is 4.98 Å². The van der Waals surface area contributed by atoms with Gasteiger partial charge in [0, 0.05) is 44.4 Å². The summed E-state index contributed by atoms with van der Waals surface area (Å²) in [6.07, 6.45) is 0.762. The fourth-order valence-electron chi connectivity index (χ4n) is 2.87. The number of hydrogen-bond donors (Lipinski definition) is 0. The van der Waals surface area contributed by atoms with Crippen molar-refractivity contribution >= 4 is 23.2 Å². The van der Waals surface area contributed by atoms with Crippen LogP contribution in [0.5, 0.6) is 0 Å². The van der Waals surface area contributed by atoms with Gasteiger partial charge in [-0.15, -0.1) is 11.3 Å². The van der Waals surface area contributed by atoms with E-state index in [1.165, 1.54) is 0 Å². The molecule has 0 N–H and O–H groups in total. The third kappa shape index (κ3) is 4.30. The van der Waals surface area contributed by atoms with E-state index in [0.717, 1.165) is 4.88 Å². The Balaban J connectivity index is 1.47. The number of piperazine rings is 1. The summed E-state index contributed by atoms with van der Waals surface area (Å²) in [7, 11) is 0. The van der Waals surface area contributed by atoms with E-state index in [9.17, 15) is 9.59 Å². The van der Waals surface area contributed by atoms with Crippen LogP contribution in [0.15, 0.2) is 22.0 Å². The highest BCUT2D eigenvalue weighted by Gasteiger charge is 2.30. The molecule has 0 aliphatic carbocycles. The van der Waals surface area contributed by atoms with Crippen molar-refractivity contribution in [1.29, 1.82) is 0 Å². The van der Waals surface area contributed by atoms with Crippen molar-refractivity contribution in [2.45, 2.75) is 33.6 Å². The zero-order valence-corrected chi connectivity index (χ0v) is 16.2. The smallest absolute Gasteiger partial charge is 0.228 e. The molecule has 2 amide bonds. The number of aromatic nitrogens is 2. The van der Waals surface area contributed by atoms with Crippen molar-refractivity contribution in [3.8, 4) is 10.7 Å². The number of amides is 2. The van der Waals surface area contributed by atoms with Crippen LogP contribution in [0, 0.1) is 5.41 Å². The lowest BCUT2D eigenvalue weighted by Gasteiger charge is -2.37. The summed E-state index contributed by atoms with van der Waals surface area (Å²) in [5, 5.41) is 5.91. The van der Waals surface area contributed by atoms with Crippen molar-refractivity contribution in [2.24, 2.45) is 5.41 Å². The normalized spacial score (nSPS) is 15.3. The Labute approximate surface area is 157 Å². The highest BCUT2D eigenvalue weighted by atomic mass is 32.1. The molecule has 2 aromatic rings. The number of thiophene rings is 1. The van der Waals surface area contributed by atoms with Crippen LogP contribution in [0.1, 0.15) is 33.1 Å².